The molecule has 1 aromatic rings. The Balaban J connectivity index is 3.19. The van der Waals surface area contributed by atoms with Gasteiger partial charge in [-0.1, -0.05) is 6.92 Å². The van der Waals surface area contributed by atoms with Gasteiger partial charge in [0.25, 0.3) is 0 Å². The van der Waals surface area contributed by atoms with Crippen LogP contribution in [0.4, 0.5) is 11.5 Å². The lowest BCUT2D eigenvalue weighted by Crippen LogP contribution is -2.27. The normalized spacial score (nSPS) is 12.2. The van der Waals surface area contributed by atoms with Gasteiger partial charge in [-0.15, -0.1) is 0 Å². The summed E-state index contributed by atoms with van der Waals surface area (Å²) >= 11 is 0. The van der Waals surface area contributed by atoms with E-state index in [1.807, 2.05) is 6.92 Å². The predicted molar refractivity (Wildman–Crippen MR) is 64.6 cm³/mol. The maximum absolute atomic E-state index is 11.0. The zero-order valence-electron chi connectivity index (χ0n) is 10.5. The highest BCUT2D eigenvalue weighted by atomic mass is 16.6. The summed E-state index contributed by atoms with van der Waals surface area (Å²) in [6, 6.07) is -0.921. The molecule has 0 aromatic carbocycles. The van der Waals surface area contributed by atoms with Gasteiger partial charge in [0.15, 0.2) is 0 Å². The van der Waals surface area contributed by atoms with Gasteiger partial charge in [-0.25, -0.2) is 4.68 Å². The highest BCUT2D eigenvalue weighted by Crippen LogP contribution is 2.28. The number of carbonyl (C=O) groups is 1. The number of hydrogen-bond acceptors (Lipinski definition) is 5. The molecule has 1 heterocycles. The third kappa shape index (κ3) is 2.76. The van der Waals surface area contributed by atoms with E-state index in [-0.39, 0.29) is 17.2 Å². The highest BCUT2D eigenvalue weighted by Gasteiger charge is 2.27. The number of nitrogens with one attached hydrogen (secondary N) is 1. The SMILES string of the molecule is CCCn1nc(C)c([N+](=O)[O-])c1NC(C)C(=O)O. The molecule has 1 aromatic heterocycles. The molecule has 8 heteroatoms. The largest absolute Gasteiger partial charge is 0.480 e. The molecule has 0 saturated carbocycles. The molecular formula is C10H16N4O4. The van der Waals surface area contributed by atoms with E-state index in [4.69, 9.17) is 5.11 Å². The Hall–Kier alpha value is -2.12. The monoisotopic (exact) mass is 256 g/mol. The van der Waals surface area contributed by atoms with Crippen LogP contribution < -0.4 is 5.32 Å². The van der Waals surface area contributed by atoms with Gasteiger partial charge in [-0.05, 0) is 20.3 Å². The molecule has 1 atom stereocenters. The fourth-order valence-electron chi connectivity index (χ4n) is 1.57. The second-order valence-electron chi connectivity index (χ2n) is 3.97. The van der Waals surface area contributed by atoms with Gasteiger partial charge in [-0.2, -0.15) is 5.10 Å². The summed E-state index contributed by atoms with van der Waals surface area (Å²) in [6.45, 7) is 5.35. The van der Waals surface area contributed by atoms with Gasteiger partial charge >= 0.3 is 11.7 Å². The molecule has 8 nitrogen and oxygen atoms in total. The summed E-state index contributed by atoms with van der Waals surface area (Å²) in [4.78, 5) is 21.2. The molecule has 18 heavy (non-hydrogen) atoms. The van der Waals surface area contributed by atoms with E-state index in [0.717, 1.165) is 6.42 Å². The molecule has 100 valence electrons. The standard InChI is InChI=1S/C10H16N4O4/c1-4-5-13-9(11-7(3)10(15)16)8(14(17)18)6(2)12-13/h7,11H,4-5H2,1-3H3,(H,15,16). The van der Waals surface area contributed by atoms with Crippen molar-refractivity contribution in [2.24, 2.45) is 0 Å². The smallest absolute Gasteiger partial charge is 0.333 e. The van der Waals surface area contributed by atoms with Gasteiger partial charge in [0.1, 0.15) is 11.7 Å². The molecule has 0 amide bonds. The van der Waals surface area contributed by atoms with E-state index in [2.05, 4.69) is 10.4 Å². The van der Waals surface area contributed by atoms with Crippen molar-refractivity contribution in [1.29, 1.82) is 0 Å². The second kappa shape index (κ2) is 5.48. The highest BCUT2D eigenvalue weighted by molar-refractivity contribution is 5.77. The van der Waals surface area contributed by atoms with Crippen LogP contribution in [0.1, 0.15) is 26.0 Å². The Labute approximate surface area is 104 Å². The molecule has 2 N–H and O–H groups in total. The fourth-order valence-corrected chi connectivity index (χ4v) is 1.57. The van der Waals surface area contributed by atoms with E-state index in [9.17, 15) is 14.9 Å². The van der Waals surface area contributed by atoms with Gasteiger partial charge in [-0.3, -0.25) is 14.9 Å². The summed E-state index contributed by atoms with van der Waals surface area (Å²) in [5, 5.41) is 26.5. The van der Waals surface area contributed by atoms with Gasteiger partial charge in [0, 0.05) is 6.54 Å². The molecule has 0 bridgehead atoms. The van der Waals surface area contributed by atoms with Crippen LogP contribution in [0.3, 0.4) is 0 Å². The van der Waals surface area contributed by atoms with E-state index >= 15 is 0 Å². The number of hydrogen-bond donors (Lipinski definition) is 2. The lowest BCUT2D eigenvalue weighted by Gasteiger charge is -2.11. The number of rotatable bonds is 6. The molecule has 0 radical (unpaired) electrons. The summed E-state index contributed by atoms with van der Waals surface area (Å²) < 4.78 is 1.44. The van der Waals surface area contributed by atoms with Crippen LogP contribution in [0.15, 0.2) is 0 Å². The molecular weight excluding hydrogens is 240 g/mol. The first-order chi connectivity index (χ1) is 8.38. The van der Waals surface area contributed by atoms with E-state index in [1.54, 1.807) is 0 Å². The van der Waals surface area contributed by atoms with Crippen molar-refractivity contribution in [2.45, 2.75) is 39.8 Å². The van der Waals surface area contributed by atoms with Crippen molar-refractivity contribution in [3.63, 3.8) is 0 Å². The molecule has 1 rings (SSSR count). The van der Waals surface area contributed by atoms with Crippen LogP contribution >= 0.6 is 0 Å². The molecule has 0 aliphatic heterocycles. The number of nitrogens with zero attached hydrogens (tertiary/aromatic N) is 3. The minimum absolute atomic E-state index is 0.147. The first kappa shape index (κ1) is 13.9. The van der Waals surface area contributed by atoms with Crippen molar-refractivity contribution in [1.82, 2.24) is 9.78 Å². The van der Waals surface area contributed by atoms with Crippen LogP contribution in [-0.4, -0.2) is 31.8 Å². The summed E-state index contributed by atoms with van der Waals surface area (Å²) in [7, 11) is 0. The molecule has 1 unspecified atom stereocenters. The van der Waals surface area contributed by atoms with Crippen LogP contribution in [-0.2, 0) is 11.3 Å². The van der Waals surface area contributed by atoms with Crippen molar-refractivity contribution in [3.05, 3.63) is 15.8 Å². The first-order valence-electron chi connectivity index (χ1n) is 5.59. The Morgan fingerprint density at radius 3 is 2.72 bits per heavy atom. The van der Waals surface area contributed by atoms with Crippen molar-refractivity contribution < 1.29 is 14.8 Å². The predicted octanol–water partition coefficient (Wildman–Crippen LogP) is 1.39. The third-order valence-corrected chi connectivity index (χ3v) is 2.44. The van der Waals surface area contributed by atoms with Crippen LogP contribution in [0.5, 0.6) is 0 Å². The van der Waals surface area contributed by atoms with Crippen molar-refractivity contribution in [2.75, 3.05) is 5.32 Å². The van der Waals surface area contributed by atoms with Crippen molar-refractivity contribution >= 4 is 17.5 Å². The zero-order valence-corrected chi connectivity index (χ0v) is 10.5. The molecule has 0 fully saturated rings. The Morgan fingerprint density at radius 1 is 1.67 bits per heavy atom. The first-order valence-corrected chi connectivity index (χ1v) is 5.59. The lowest BCUT2D eigenvalue weighted by molar-refractivity contribution is -0.384. The second-order valence-corrected chi connectivity index (χ2v) is 3.97. The van der Waals surface area contributed by atoms with E-state index < -0.39 is 16.9 Å². The quantitative estimate of drug-likeness (QED) is 0.587. The topological polar surface area (TPSA) is 110 Å². The maximum atomic E-state index is 11.0. The average Bonchev–Trinajstić information content (AvgIpc) is 2.55. The number of carboxylic acids is 1. The van der Waals surface area contributed by atoms with E-state index in [1.165, 1.54) is 18.5 Å². The molecule has 0 aliphatic carbocycles. The van der Waals surface area contributed by atoms with E-state index in [0.29, 0.717) is 6.54 Å². The number of carboxylic acid groups (broad SMARTS) is 1. The number of aromatic nitrogens is 2. The zero-order chi connectivity index (χ0) is 13.9. The summed E-state index contributed by atoms with van der Waals surface area (Å²) in [5.74, 6) is -0.930. The van der Waals surface area contributed by atoms with Gasteiger partial charge in [0.2, 0.25) is 5.82 Å². The maximum Gasteiger partial charge on any atom is 0.333 e. The van der Waals surface area contributed by atoms with Crippen molar-refractivity contribution in [3.8, 4) is 0 Å². The number of aliphatic carboxylic acids is 1. The number of nitro groups is 1. The lowest BCUT2D eigenvalue weighted by atomic mass is 10.3. The van der Waals surface area contributed by atoms with Crippen LogP contribution in [0.2, 0.25) is 0 Å². The average molecular weight is 256 g/mol. The van der Waals surface area contributed by atoms with Gasteiger partial charge < -0.3 is 10.4 Å². The minimum atomic E-state index is -1.08. The third-order valence-electron chi connectivity index (χ3n) is 2.44. The van der Waals surface area contributed by atoms with Gasteiger partial charge in [0.05, 0.1) is 4.92 Å². The molecule has 0 aliphatic rings. The fraction of sp³-hybridized carbons (Fsp3) is 0.600. The summed E-state index contributed by atoms with van der Waals surface area (Å²) in [5.41, 5.74) is 0.102. The molecule has 0 spiro atoms. The van der Waals surface area contributed by atoms with Crippen LogP contribution in [0, 0.1) is 17.0 Å². The Kier molecular flexibility index (Phi) is 4.24. The summed E-state index contributed by atoms with van der Waals surface area (Å²) in [6.07, 6.45) is 0.744. The number of aryl methyl sites for hydroxylation is 2. The molecule has 0 saturated heterocycles. The Bertz CT molecular complexity index is 469. The minimum Gasteiger partial charge on any atom is -0.480 e. The van der Waals surface area contributed by atoms with Crippen LogP contribution in [0.25, 0.3) is 0 Å². The Morgan fingerprint density at radius 2 is 2.28 bits per heavy atom. The number of anilines is 1.